The predicted molar refractivity (Wildman–Crippen MR) is 98.5 cm³/mol. The van der Waals surface area contributed by atoms with Crippen LogP contribution >= 0.6 is 0 Å². The molecular formula is C18H29NO12. The molecule has 13 heteroatoms. The minimum absolute atomic E-state index is 0.224. The molecule has 0 aromatic rings. The fraction of sp³-hybridized carbons (Fsp3) is 0.833. The Bertz CT molecular complexity index is 633. The summed E-state index contributed by atoms with van der Waals surface area (Å²) in [5, 5.41) is 43.2. The van der Waals surface area contributed by atoms with Gasteiger partial charge in [0.05, 0.1) is 12.7 Å². The van der Waals surface area contributed by atoms with Crippen molar-refractivity contribution in [1.82, 2.24) is 5.32 Å². The molecule has 0 spiro atoms. The van der Waals surface area contributed by atoms with Crippen molar-refractivity contribution in [2.45, 2.75) is 69.1 Å². The summed E-state index contributed by atoms with van der Waals surface area (Å²) in [6, 6.07) is -1.09. The Balaban J connectivity index is 2.28. The van der Waals surface area contributed by atoms with Crippen molar-refractivity contribution < 1.29 is 58.5 Å². The van der Waals surface area contributed by atoms with Crippen LogP contribution in [0.2, 0.25) is 0 Å². The standard InChI is InChI=1S/C18H29NO12/c1-7-11(22)13(24)18(30-14(7)16(25)26)31-15-10(19-8(2)21)17(27-3)29-9(12(15)23)6-28-5-4-20/h4,7,9-15,17-18,22-24H,5-6H2,1-3H3,(H,19,21)(H,25,26)/t7-,9?,10?,11-,12+,13?,14?,15+,17+,18-/m0/s1. The lowest BCUT2D eigenvalue weighted by molar-refractivity contribution is -0.333. The number of carboxylic acids is 1. The van der Waals surface area contributed by atoms with Crippen LogP contribution in [0.15, 0.2) is 0 Å². The van der Waals surface area contributed by atoms with Crippen LogP contribution < -0.4 is 5.32 Å². The molecule has 2 rings (SSSR count). The SMILES string of the molecule is CO[C@@H]1OC(COCC=O)[C@@H](O)[C@H](O[C@@H]2OC(C(=O)O)[C@@H](C)[C@H](O)C2O)C1NC(C)=O. The van der Waals surface area contributed by atoms with Crippen LogP contribution in [-0.2, 0) is 38.1 Å². The molecule has 2 saturated heterocycles. The van der Waals surface area contributed by atoms with E-state index in [-0.39, 0.29) is 13.2 Å². The summed E-state index contributed by atoms with van der Waals surface area (Å²) >= 11 is 0. The van der Waals surface area contributed by atoms with Crippen molar-refractivity contribution in [1.29, 1.82) is 0 Å². The number of ether oxygens (including phenoxy) is 5. The molecule has 0 aromatic heterocycles. The second kappa shape index (κ2) is 11.2. The highest BCUT2D eigenvalue weighted by molar-refractivity contribution is 5.73. The third kappa shape index (κ3) is 5.96. The van der Waals surface area contributed by atoms with Crippen molar-refractivity contribution >= 4 is 18.2 Å². The van der Waals surface area contributed by atoms with Crippen LogP contribution in [0.25, 0.3) is 0 Å². The van der Waals surface area contributed by atoms with Gasteiger partial charge in [0.2, 0.25) is 5.91 Å². The van der Waals surface area contributed by atoms with Crippen molar-refractivity contribution in [3.63, 3.8) is 0 Å². The van der Waals surface area contributed by atoms with E-state index in [1.54, 1.807) is 0 Å². The summed E-state index contributed by atoms with van der Waals surface area (Å²) in [6.07, 6.45) is -10.7. The Hall–Kier alpha value is -1.71. The molecule has 10 atom stereocenters. The van der Waals surface area contributed by atoms with Gasteiger partial charge in [-0.05, 0) is 0 Å². The zero-order chi connectivity index (χ0) is 23.3. The molecule has 0 radical (unpaired) electrons. The number of nitrogens with one attached hydrogen (secondary N) is 1. The van der Waals surface area contributed by atoms with Gasteiger partial charge >= 0.3 is 5.97 Å². The van der Waals surface area contributed by atoms with Crippen LogP contribution in [0.4, 0.5) is 0 Å². The Morgan fingerprint density at radius 2 is 1.77 bits per heavy atom. The van der Waals surface area contributed by atoms with E-state index in [0.29, 0.717) is 6.29 Å². The van der Waals surface area contributed by atoms with Crippen molar-refractivity contribution in [2.24, 2.45) is 5.92 Å². The van der Waals surface area contributed by atoms with E-state index in [1.807, 2.05) is 0 Å². The van der Waals surface area contributed by atoms with E-state index in [9.17, 15) is 34.8 Å². The Kier molecular flexibility index (Phi) is 9.27. The molecular weight excluding hydrogens is 422 g/mol. The fourth-order valence-electron chi connectivity index (χ4n) is 3.59. The molecule has 178 valence electrons. The maximum atomic E-state index is 11.7. The monoisotopic (exact) mass is 451 g/mol. The molecule has 2 aliphatic heterocycles. The van der Waals surface area contributed by atoms with Crippen LogP contribution in [0.1, 0.15) is 13.8 Å². The second-order valence-corrected chi connectivity index (χ2v) is 7.40. The van der Waals surface area contributed by atoms with Gasteiger partial charge in [0.1, 0.15) is 43.4 Å². The van der Waals surface area contributed by atoms with Gasteiger partial charge in [-0.1, -0.05) is 6.92 Å². The lowest BCUT2D eigenvalue weighted by atomic mass is 9.90. The Labute approximate surface area is 178 Å². The summed E-state index contributed by atoms with van der Waals surface area (Å²) in [5.41, 5.74) is 0. The van der Waals surface area contributed by atoms with E-state index in [1.165, 1.54) is 21.0 Å². The molecule has 13 nitrogen and oxygen atoms in total. The number of aliphatic hydroxyl groups is 3. The number of carboxylic acid groups (broad SMARTS) is 1. The number of aliphatic hydroxyl groups excluding tert-OH is 3. The van der Waals surface area contributed by atoms with Gasteiger partial charge in [-0.25, -0.2) is 4.79 Å². The number of aldehydes is 1. The molecule has 4 unspecified atom stereocenters. The quantitative estimate of drug-likeness (QED) is 0.177. The summed E-state index contributed by atoms with van der Waals surface area (Å²) in [6.45, 7) is 2.14. The van der Waals surface area contributed by atoms with Crippen LogP contribution in [-0.4, -0.2) is 114 Å². The second-order valence-electron chi connectivity index (χ2n) is 7.40. The van der Waals surface area contributed by atoms with Gasteiger partial charge in [0.25, 0.3) is 0 Å². The fourth-order valence-corrected chi connectivity index (χ4v) is 3.59. The van der Waals surface area contributed by atoms with E-state index in [0.717, 1.165) is 0 Å². The van der Waals surface area contributed by atoms with Gasteiger partial charge in [-0.3, -0.25) is 4.79 Å². The number of carbonyl (C=O) groups is 3. The molecule has 31 heavy (non-hydrogen) atoms. The third-order valence-electron chi connectivity index (χ3n) is 5.20. The van der Waals surface area contributed by atoms with E-state index in [4.69, 9.17) is 23.7 Å². The normalized spacial score (nSPS) is 40.8. The molecule has 1 amide bonds. The zero-order valence-electron chi connectivity index (χ0n) is 17.3. The first kappa shape index (κ1) is 25.5. The maximum Gasteiger partial charge on any atom is 0.333 e. The largest absolute Gasteiger partial charge is 0.479 e. The van der Waals surface area contributed by atoms with Crippen LogP contribution in [0.3, 0.4) is 0 Å². The highest BCUT2D eigenvalue weighted by Crippen LogP contribution is 2.31. The van der Waals surface area contributed by atoms with E-state index >= 15 is 0 Å². The number of amides is 1. The molecule has 0 aliphatic carbocycles. The number of hydrogen-bond acceptors (Lipinski definition) is 11. The van der Waals surface area contributed by atoms with E-state index in [2.05, 4.69) is 5.32 Å². The number of aliphatic carboxylic acids is 1. The molecule has 0 aromatic carbocycles. The van der Waals surface area contributed by atoms with Gasteiger partial charge < -0.3 is 54.2 Å². The van der Waals surface area contributed by atoms with Crippen LogP contribution in [0, 0.1) is 5.92 Å². The first-order valence-electron chi connectivity index (χ1n) is 9.67. The number of rotatable bonds is 9. The van der Waals surface area contributed by atoms with Crippen molar-refractivity contribution in [2.75, 3.05) is 20.3 Å². The molecule has 2 fully saturated rings. The molecule has 5 N–H and O–H groups in total. The summed E-state index contributed by atoms with van der Waals surface area (Å²) in [4.78, 5) is 33.6. The Morgan fingerprint density at radius 3 is 2.32 bits per heavy atom. The van der Waals surface area contributed by atoms with Crippen LogP contribution in [0.5, 0.6) is 0 Å². The van der Waals surface area contributed by atoms with Gasteiger partial charge in [-0.15, -0.1) is 0 Å². The number of hydrogen-bond donors (Lipinski definition) is 5. The van der Waals surface area contributed by atoms with Crippen molar-refractivity contribution in [3.05, 3.63) is 0 Å². The molecule has 0 bridgehead atoms. The average Bonchev–Trinajstić information content (AvgIpc) is 2.71. The zero-order valence-corrected chi connectivity index (χ0v) is 17.3. The smallest absolute Gasteiger partial charge is 0.333 e. The number of carbonyl (C=O) groups excluding carboxylic acids is 2. The summed E-state index contributed by atoms with van der Waals surface area (Å²) in [7, 11) is 1.29. The highest BCUT2D eigenvalue weighted by Gasteiger charge is 2.52. The minimum Gasteiger partial charge on any atom is -0.479 e. The van der Waals surface area contributed by atoms with E-state index < -0.39 is 73.0 Å². The summed E-state index contributed by atoms with van der Waals surface area (Å²) in [5.74, 6) is -2.81. The maximum absolute atomic E-state index is 11.7. The highest BCUT2D eigenvalue weighted by atomic mass is 16.7. The number of methoxy groups -OCH3 is 1. The van der Waals surface area contributed by atoms with Crippen molar-refractivity contribution in [3.8, 4) is 0 Å². The van der Waals surface area contributed by atoms with Gasteiger partial charge in [0, 0.05) is 20.0 Å². The predicted octanol–water partition coefficient (Wildman–Crippen LogP) is -3.01. The lowest BCUT2D eigenvalue weighted by Crippen LogP contribution is -2.67. The topological polar surface area (TPSA) is 190 Å². The van der Waals surface area contributed by atoms with Gasteiger partial charge in [0.15, 0.2) is 18.7 Å². The first-order valence-corrected chi connectivity index (χ1v) is 9.67. The molecule has 0 saturated carbocycles. The summed E-state index contributed by atoms with van der Waals surface area (Å²) < 4.78 is 26.9. The lowest BCUT2D eigenvalue weighted by Gasteiger charge is -2.47. The molecule has 2 heterocycles. The Morgan fingerprint density at radius 1 is 1.10 bits per heavy atom. The first-order chi connectivity index (χ1) is 14.6. The average molecular weight is 451 g/mol. The molecule has 2 aliphatic rings. The minimum atomic E-state index is -1.64. The van der Waals surface area contributed by atoms with Gasteiger partial charge in [-0.2, -0.15) is 0 Å². The third-order valence-corrected chi connectivity index (χ3v) is 5.20.